The maximum Gasteiger partial charge on any atom is 0.130 e. The summed E-state index contributed by atoms with van der Waals surface area (Å²) in [6.07, 6.45) is 19.5. The lowest BCUT2D eigenvalue weighted by Gasteiger charge is -2.07. The Hall–Kier alpha value is -1.74. The summed E-state index contributed by atoms with van der Waals surface area (Å²) in [5, 5.41) is 11.2. The quantitative estimate of drug-likeness (QED) is 0.243. The minimum absolute atomic E-state index is 0.283. The van der Waals surface area contributed by atoms with Crippen LogP contribution in [-0.4, -0.2) is 0 Å². The molecule has 0 N–H and O–H groups in total. The average molecular weight is 360 g/mol. The summed E-state index contributed by atoms with van der Waals surface area (Å²) >= 11 is 0. The molecule has 0 fully saturated rings. The first-order valence-corrected chi connectivity index (χ1v) is 10.2. The molecule has 0 amide bonds. The van der Waals surface area contributed by atoms with Gasteiger partial charge in [0.2, 0.25) is 0 Å². The third kappa shape index (κ3) is 11.0. The van der Waals surface area contributed by atoms with Crippen LogP contribution in [0, 0.1) is 0 Å². The van der Waals surface area contributed by atoms with E-state index in [9.17, 15) is 5.11 Å². The van der Waals surface area contributed by atoms with Gasteiger partial charge in [0.1, 0.15) is 18.1 Å². The van der Waals surface area contributed by atoms with Gasteiger partial charge in [0.25, 0.3) is 0 Å². The van der Waals surface area contributed by atoms with E-state index in [1.807, 2.05) is 18.2 Å². The Kier molecular flexibility index (Phi) is 13.3. The molecule has 1 aromatic rings. The highest BCUT2D eigenvalue weighted by Crippen LogP contribution is 2.24. The van der Waals surface area contributed by atoms with Crippen molar-refractivity contribution >= 4 is 0 Å². The lowest BCUT2D eigenvalue weighted by Crippen LogP contribution is -1.90. The summed E-state index contributed by atoms with van der Waals surface area (Å²) in [5.74, 6) is 1.30. The second-order valence-corrected chi connectivity index (χ2v) is 6.63. The summed E-state index contributed by atoms with van der Waals surface area (Å²) in [7, 11) is 0. The van der Waals surface area contributed by atoms with E-state index in [2.05, 4.69) is 13.8 Å². The van der Waals surface area contributed by atoms with Crippen molar-refractivity contribution in [2.75, 3.05) is 0 Å². The van der Waals surface area contributed by atoms with Gasteiger partial charge in [-0.15, -0.1) is 0 Å². The summed E-state index contributed by atoms with van der Waals surface area (Å²) < 4.78 is 11.3. The highest BCUT2D eigenvalue weighted by Gasteiger charge is 2.02. The molecule has 0 spiro atoms. The fourth-order valence-electron chi connectivity index (χ4n) is 2.62. The molecule has 26 heavy (non-hydrogen) atoms. The molecule has 3 nitrogen and oxygen atoms in total. The van der Waals surface area contributed by atoms with Crippen LogP contribution in [0.4, 0.5) is 0 Å². The number of ether oxygens (including phenoxy) is 2. The van der Waals surface area contributed by atoms with Crippen molar-refractivity contribution in [3.63, 3.8) is 0 Å². The first-order chi connectivity index (χ1) is 12.8. The van der Waals surface area contributed by atoms with Crippen LogP contribution in [0.25, 0.3) is 0 Å². The number of hydrogen-bond acceptors (Lipinski definition) is 2. The van der Waals surface area contributed by atoms with E-state index in [1.54, 1.807) is 24.7 Å². The number of unbranched alkanes of at least 4 members (excludes halogenated alkanes) is 8. The number of rotatable bonds is 15. The van der Waals surface area contributed by atoms with Crippen molar-refractivity contribution in [2.24, 2.45) is 0 Å². The zero-order valence-electron chi connectivity index (χ0n) is 16.5. The number of benzene rings is 1. The van der Waals surface area contributed by atoms with Crippen LogP contribution in [0.5, 0.6) is 11.5 Å². The Bertz CT molecular complexity index is 478. The third-order valence-electron chi connectivity index (χ3n) is 4.16. The van der Waals surface area contributed by atoms with Crippen LogP contribution in [0.2, 0.25) is 0 Å². The van der Waals surface area contributed by atoms with Gasteiger partial charge >= 0.3 is 0 Å². The normalized spacial score (nSPS) is 11.5. The predicted octanol–water partition coefficient (Wildman–Crippen LogP) is 7.34. The number of allylic oxidation sites excluding steroid dienone is 2. The van der Waals surface area contributed by atoms with Gasteiger partial charge in [-0.05, 0) is 55.5 Å². The van der Waals surface area contributed by atoms with Gasteiger partial charge in [0, 0.05) is 6.07 Å². The van der Waals surface area contributed by atoms with Crippen LogP contribution >= 0.6 is 0 Å². The molecule has 3 heteroatoms. The molecule has 1 rings (SSSR count). The lowest BCUT2D eigenvalue weighted by molar-refractivity contribution is 0.177. The molecule has 1 radical (unpaired) electrons. The molecule has 0 heterocycles. The van der Waals surface area contributed by atoms with E-state index in [0.29, 0.717) is 17.1 Å². The molecule has 0 aliphatic rings. The highest BCUT2D eigenvalue weighted by molar-refractivity contribution is 5.39. The zero-order chi connectivity index (χ0) is 18.9. The Labute approximate surface area is 159 Å². The van der Waals surface area contributed by atoms with Crippen molar-refractivity contribution in [1.29, 1.82) is 0 Å². The van der Waals surface area contributed by atoms with Gasteiger partial charge in [-0.1, -0.05) is 52.4 Å². The van der Waals surface area contributed by atoms with E-state index >= 15 is 0 Å². The van der Waals surface area contributed by atoms with E-state index in [4.69, 9.17) is 9.47 Å². The molecule has 1 aromatic carbocycles. The minimum atomic E-state index is -0.283. The van der Waals surface area contributed by atoms with Gasteiger partial charge < -0.3 is 9.47 Å². The van der Waals surface area contributed by atoms with Crippen LogP contribution in [0.3, 0.4) is 0 Å². The third-order valence-corrected chi connectivity index (χ3v) is 4.16. The maximum absolute atomic E-state index is 11.2. The number of hydrogen-bond donors (Lipinski definition) is 0. The van der Waals surface area contributed by atoms with Crippen molar-refractivity contribution in [3.05, 3.63) is 48.4 Å². The molecule has 0 saturated carbocycles. The van der Waals surface area contributed by atoms with Crippen LogP contribution in [0.1, 0.15) is 83.6 Å². The molecule has 0 aromatic heterocycles. The fraction of sp³-hybridized carbons (Fsp3) is 0.565. The molecule has 0 bridgehead atoms. The monoisotopic (exact) mass is 359 g/mol. The standard InChI is InChI=1S/C23H35O3/c1-3-5-7-9-11-13-15-25-22-17-21(20-24)18-23(19-22)26-16-14-12-10-8-6-4-2/h13-19H,3-12,20H2,1-2H3/b15-13+,16-14+. The molecule has 0 saturated heterocycles. The topological polar surface area (TPSA) is 38.4 Å². The Morgan fingerprint density at radius 1 is 0.731 bits per heavy atom. The van der Waals surface area contributed by atoms with Gasteiger partial charge in [-0.2, -0.15) is 0 Å². The van der Waals surface area contributed by atoms with Crippen LogP contribution < -0.4 is 9.47 Å². The molecule has 145 valence electrons. The second kappa shape index (κ2) is 15.5. The van der Waals surface area contributed by atoms with Gasteiger partial charge in [0.05, 0.1) is 12.5 Å². The van der Waals surface area contributed by atoms with Gasteiger partial charge in [0.15, 0.2) is 0 Å². The van der Waals surface area contributed by atoms with Gasteiger partial charge in [-0.3, -0.25) is 0 Å². The molecule has 0 aliphatic heterocycles. The van der Waals surface area contributed by atoms with Crippen LogP contribution in [-0.2, 0) is 11.7 Å². The predicted molar refractivity (Wildman–Crippen MR) is 108 cm³/mol. The lowest BCUT2D eigenvalue weighted by atomic mass is 10.1. The fourth-order valence-corrected chi connectivity index (χ4v) is 2.62. The SMILES string of the molecule is CCCCCC/C=C/Oc1cc(C[O])cc(O/C=C/CCCCCC)c1. The highest BCUT2D eigenvalue weighted by atomic mass is 16.5. The Morgan fingerprint density at radius 3 is 1.65 bits per heavy atom. The molecular weight excluding hydrogens is 324 g/mol. The van der Waals surface area contributed by atoms with E-state index in [0.717, 1.165) is 12.8 Å². The molecular formula is C23H35O3. The summed E-state index contributed by atoms with van der Waals surface area (Å²) in [4.78, 5) is 0. The van der Waals surface area contributed by atoms with E-state index in [1.165, 1.54) is 51.4 Å². The first-order valence-electron chi connectivity index (χ1n) is 10.2. The molecule has 0 unspecified atom stereocenters. The van der Waals surface area contributed by atoms with Crippen molar-refractivity contribution in [3.8, 4) is 11.5 Å². The summed E-state index contributed by atoms with van der Waals surface area (Å²) in [5.41, 5.74) is 0.671. The van der Waals surface area contributed by atoms with E-state index < -0.39 is 0 Å². The van der Waals surface area contributed by atoms with Crippen molar-refractivity contribution in [2.45, 2.75) is 84.7 Å². The Morgan fingerprint density at radius 2 is 1.23 bits per heavy atom. The van der Waals surface area contributed by atoms with Crippen molar-refractivity contribution in [1.82, 2.24) is 0 Å². The largest absolute Gasteiger partial charge is 0.465 e. The van der Waals surface area contributed by atoms with Gasteiger partial charge in [-0.25, -0.2) is 5.11 Å². The smallest absolute Gasteiger partial charge is 0.130 e. The summed E-state index contributed by atoms with van der Waals surface area (Å²) in [6, 6.07) is 5.37. The van der Waals surface area contributed by atoms with Crippen LogP contribution in [0.15, 0.2) is 42.9 Å². The van der Waals surface area contributed by atoms with Crippen molar-refractivity contribution < 1.29 is 14.6 Å². The maximum atomic E-state index is 11.2. The first kappa shape index (κ1) is 22.3. The summed E-state index contributed by atoms with van der Waals surface area (Å²) in [6.45, 7) is 4.14. The zero-order valence-corrected chi connectivity index (χ0v) is 16.5. The minimum Gasteiger partial charge on any atom is -0.465 e. The molecule has 0 aliphatic carbocycles. The second-order valence-electron chi connectivity index (χ2n) is 6.63. The Balaban J connectivity index is 2.43. The average Bonchev–Trinajstić information content (AvgIpc) is 2.66. The molecule has 0 atom stereocenters. The van der Waals surface area contributed by atoms with E-state index in [-0.39, 0.29) is 6.61 Å².